The summed E-state index contributed by atoms with van der Waals surface area (Å²) in [5, 5.41) is 6.71. The number of sulfonamides is 1. The monoisotopic (exact) mass is 429 g/mol. The predicted octanol–water partition coefficient (Wildman–Crippen LogP) is 2.11. The first kappa shape index (κ1) is 21.3. The van der Waals surface area contributed by atoms with E-state index in [0.29, 0.717) is 17.3 Å². The van der Waals surface area contributed by atoms with Gasteiger partial charge in [-0.05, 0) is 61.9 Å². The zero-order valence-electron chi connectivity index (χ0n) is 16.6. The molecule has 0 saturated carbocycles. The number of aromatic nitrogens is 3. The molecule has 0 radical (unpaired) electrons. The molecule has 0 spiro atoms. The van der Waals surface area contributed by atoms with Crippen LogP contribution < -0.4 is 14.8 Å². The van der Waals surface area contributed by atoms with E-state index in [-0.39, 0.29) is 12.6 Å². The van der Waals surface area contributed by atoms with Crippen molar-refractivity contribution in [2.24, 2.45) is 0 Å². The highest BCUT2D eigenvalue weighted by molar-refractivity contribution is 7.93. The first-order valence-corrected chi connectivity index (χ1v) is 10.9. The lowest BCUT2D eigenvalue weighted by Crippen LogP contribution is -2.32. The van der Waals surface area contributed by atoms with E-state index in [4.69, 9.17) is 4.74 Å². The minimum absolute atomic E-state index is 0.0206. The molecule has 10 heteroatoms. The Labute approximate surface area is 175 Å². The van der Waals surface area contributed by atoms with Crippen molar-refractivity contribution in [1.29, 1.82) is 0 Å². The highest BCUT2D eigenvalue weighted by Crippen LogP contribution is 2.18. The van der Waals surface area contributed by atoms with Crippen molar-refractivity contribution >= 4 is 21.6 Å². The topological polar surface area (TPSA) is 115 Å². The fraction of sp³-hybridized carbons (Fsp3) is 0.250. The van der Waals surface area contributed by atoms with Crippen molar-refractivity contribution in [3.8, 4) is 11.6 Å². The van der Waals surface area contributed by atoms with Crippen LogP contribution in [0.2, 0.25) is 0 Å². The third kappa shape index (κ3) is 6.31. The standard InChI is InChI=1S/C20H23N5O4S/c1-15(2)29-18-6-4-17(5-7-18)24-30(27,28)14-20(26)22-13-16-8-10-21-19(12-16)25-11-3-9-23-25/h3-12,15,24H,13-14H2,1-2H3,(H,22,26). The number of anilines is 1. The zero-order valence-corrected chi connectivity index (χ0v) is 17.5. The molecule has 0 atom stereocenters. The number of carbonyl (C=O) groups excluding carboxylic acids is 1. The van der Waals surface area contributed by atoms with Gasteiger partial charge in [0, 0.05) is 30.8 Å². The summed E-state index contributed by atoms with van der Waals surface area (Å²) in [5.41, 5.74) is 1.13. The number of nitrogens with zero attached hydrogens (tertiary/aromatic N) is 3. The van der Waals surface area contributed by atoms with Gasteiger partial charge in [-0.1, -0.05) is 0 Å². The molecular weight excluding hydrogens is 406 g/mol. The number of hydrogen-bond donors (Lipinski definition) is 2. The van der Waals surface area contributed by atoms with Gasteiger partial charge < -0.3 is 10.1 Å². The lowest BCUT2D eigenvalue weighted by molar-refractivity contribution is -0.118. The lowest BCUT2D eigenvalue weighted by Gasteiger charge is -2.12. The molecule has 0 aliphatic heterocycles. The summed E-state index contributed by atoms with van der Waals surface area (Å²) in [7, 11) is -3.85. The summed E-state index contributed by atoms with van der Waals surface area (Å²) in [5.74, 6) is -0.0582. The molecule has 1 amide bonds. The van der Waals surface area contributed by atoms with E-state index in [9.17, 15) is 13.2 Å². The Hall–Kier alpha value is -3.40. The number of hydrogen-bond acceptors (Lipinski definition) is 6. The molecule has 30 heavy (non-hydrogen) atoms. The summed E-state index contributed by atoms with van der Waals surface area (Å²) in [6.45, 7) is 3.98. The van der Waals surface area contributed by atoms with Crippen LogP contribution in [-0.4, -0.2) is 40.9 Å². The molecule has 2 aromatic heterocycles. The van der Waals surface area contributed by atoms with Crippen LogP contribution in [0.5, 0.6) is 5.75 Å². The molecule has 158 valence electrons. The van der Waals surface area contributed by atoms with Crippen molar-refractivity contribution in [1.82, 2.24) is 20.1 Å². The highest BCUT2D eigenvalue weighted by atomic mass is 32.2. The second kappa shape index (κ2) is 9.40. The van der Waals surface area contributed by atoms with E-state index in [2.05, 4.69) is 20.1 Å². The molecule has 1 aromatic carbocycles. The minimum atomic E-state index is -3.85. The largest absolute Gasteiger partial charge is 0.491 e. The normalized spacial score (nSPS) is 11.3. The Balaban J connectivity index is 1.53. The molecular formula is C20H23N5O4S. The lowest BCUT2D eigenvalue weighted by atomic mass is 10.2. The predicted molar refractivity (Wildman–Crippen MR) is 113 cm³/mol. The Morgan fingerprint density at radius 2 is 1.93 bits per heavy atom. The number of carbonyl (C=O) groups is 1. The summed E-state index contributed by atoms with van der Waals surface area (Å²) < 4.78 is 34.0. The van der Waals surface area contributed by atoms with Crippen LogP contribution >= 0.6 is 0 Å². The molecule has 0 aliphatic rings. The average Bonchev–Trinajstić information content (AvgIpc) is 3.22. The van der Waals surface area contributed by atoms with Gasteiger partial charge in [0.05, 0.1) is 6.10 Å². The number of rotatable bonds is 9. The van der Waals surface area contributed by atoms with Crippen LogP contribution in [0.4, 0.5) is 5.69 Å². The van der Waals surface area contributed by atoms with Crippen molar-refractivity contribution in [3.63, 3.8) is 0 Å². The van der Waals surface area contributed by atoms with Gasteiger partial charge in [-0.2, -0.15) is 5.10 Å². The highest BCUT2D eigenvalue weighted by Gasteiger charge is 2.16. The van der Waals surface area contributed by atoms with E-state index < -0.39 is 21.7 Å². The quantitative estimate of drug-likeness (QED) is 0.538. The van der Waals surface area contributed by atoms with Gasteiger partial charge in [-0.15, -0.1) is 0 Å². The van der Waals surface area contributed by atoms with Crippen molar-refractivity contribution in [3.05, 3.63) is 66.6 Å². The van der Waals surface area contributed by atoms with Crippen LogP contribution in [-0.2, 0) is 21.4 Å². The molecule has 0 saturated heterocycles. The van der Waals surface area contributed by atoms with E-state index in [1.807, 2.05) is 13.8 Å². The Kier molecular flexibility index (Phi) is 6.68. The maximum absolute atomic E-state index is 12.3. The van der Waals surface area contributed by atoms with Crippen LogP contribution in [0.25, 0.3) is 5.82 Å². The summed E-state index contributed by atoms with van der Waals surface area (Å²) in [6.07, 6.45) is 5.01. The second-order valence-corrected chi connectivity index (χ2v) is 8.52. The van der Waals surface area contributed by atoms with E-state index in [1.54, 1.807) is 65.7 Å². The molecule has 0 unspecified atom stereocenters. The Morgan fingerprint density at radius 1 is 1.17 bits per heavy atom. The van der Waals surface area contributed by atoms with Gasteiger partial charge in [0.25, 0.3) is 0 Å². The van der Waals surface area contributed by atoms with Crippen LogP contribution in [0.1, 0.15) is 19.4 Å². The van der Waals surface area contributed by atoms with Gasteiger partial charge in [0.2, 0.25) is 15.9 Å². The van der Waals surface area contributed by atoms with Crippen molar-refractivity contribution in [2.75, 3.05) is 10.5 Å². The van der Waals surface area contributed by atoms with Crippen molar-refractivity contribution < 1.29 is 17.9 Å². The average molecular weight is 430 g/mol. The molecule has 3 aromatic rings. The number of pyridine rings is 1. The van der Waals surface area contributed by atoms with Crippen LogP contribution in [0.3, 0.4) is 0 Å². The van der Waals surface area contributed by atoms with E-state index in [1.165, 1.54) is 0 Å². The van der Waals surface area contributed by atoms with Gasteiger partial charge in [0.1, 0.15) is 11.5 Å². The van der Waals surface area contributed by atoms with E-state index in [0.717, 1.165) is 5.56 Å². The molecule has 2 N–H and O–H groups in total. The number of benzene rings is 1. The minimum Gasteiger partial charge on any atom is -0.491 e. The number of ether oxygens (including phenoxy) is 1. The zero-order chi connectivity index (χ0) is 21.6. The number of nitrogens with one attached hydrogen (secondary N) is 2. The summed E-state index contributed by atoms with van der Waals surface area (Å²) >= 11 is 0. The fourth-order valence-electron chi connectivity index (χ4n) is 2.61. The van der Waals surface area contributed by atoms with Crippen LogP contribution in [0.15, 0.2) is 61.1 Å². The maximum atomic E-state index is 12.3. The first-order valence-electron chi connectivity index (χ1n) is 9.29. The van der Waals surface area contributed by atoms with E-state index >= 15 is 0 Å². The third-order valence-corrected chi connectivity index (χ3v) is 5.05. The Morgan fingerprint density at radius 3 is 2.60 bits per heavy atom. The first-order chi connectivity index (χ1) is 14.3. The SMILES string of the molecule is CC(C)Oc1ccc(NS(=O)(=O)CC(=O)NCc2ccnc(-n3cccn3)c2)cc1. The molecule has 0 bridgehead atoms. The Bertz CT molecular complexity index is 1080. The molecule has 3 rings (SSSR count). The molecule has 9 nitrogen and oxygen atoms in total. The third-order valence-electron chi connectivity index (χ3n) is 3.86. The number of amides is 1. The smallest absolute Gasteiger partial charge is 0.241 e. The van der Waals surface area contributed by atoms with Crippen LogP contribution in [0, 0.1) is 0 Å². The molecule has 0 fully saturated rings. The van der Waals surface area contributed by atoms with Gasteiger partial charge in [0.15, 0.2) is 5.82 Å². The van der Waals surface area contributed by atoms with Gasteiger partial charge in [-0.25, -0.2) is 18.1 Å². The fourth-order valence-corrected chi connectivity index (χ4v) is 3.63. The molecule has 0 aliphatic carbocycles. The molecule has 2 heterocycles. The second-order valence-electron chi connectivity index (χ2n) is 6.80. The van der Waals surface area contributed by atoms with Crippen molar-refractivity contribution in [2.45, 2.75) is 26.5 Å². The summed E-state index contributed by atoms with van der Waals surface area (Å²) in [4.78, 5) is 16.3. The van der Waals surface area contributed by atoms with Gasteiger partial charge >= 0.3 is 0 Å². The maximum Gasteiger partial charge on any atom is 0.241 e. The summed E-state index contributed by atoms with van der Waals surface area (Å²) in [6, 6.07) is 11.8. The van der Waals surface area contributed by atoms with Gasteiger partial charge in [-0.3, -0.25) is 9.52 Å².